The number of hydrogen-bond acceptors (Lipinski definition) is 5. The van der Waals surface area contributed by atoms with Gasteiger partial charge in [0, 0.05) is 38.3 Å². The van der Waals surface area contributed by atoms with Crippen LogP contribution in [-0.2, 0) is 17.8 Å². The number of nitrogens with one attached hydrogen (secondary N) is 1. The minimum Gasteiger partial charge on any atom is -0.496 e. The Morgan fingerprint density at radius 2 is 2.14 bits per heavy atom. The predicted octanol–water partition coefficient (Wildman–Crippen LogP) is 0.998. The van der Waals surface area contributed by atoms with E-state index in [2.05, 4.69) is 22.3 Å². The molecule has 0 aliphatic carbocycles. The summed E-state index contributed by atoms with van der Waals surface area (Å²) in [5, 5.41) is 12.5. The Bertz CT molecular complexity index is 432. The van der Waals surface area contributed by atoms with E-state index in [1.165, 1.54) is 11.1 Å². The van der Waals surface area contributed by atoms with E-state index in [1.807, 2.05) is 6.07 Å². The third-order valence-electron chi connectivity index (χ3n) is 3.61. The van der Waals surface area contributed by atoms with E-state index in [0.717, 1.165) is 45.1 Å². The highest BCUT2D eigenvalue weighted by Crippen LogP contribution is 2.22. The van der Waals surface area contributed by atoms with Crippen molar-refractivity contribution in [3.63, 3.8) is 0 Å². The average molecular weight is 294 g/mol. The normalized spacial score (nSPS) is 17.7. The Kier molecular flexibility index (Phi) is 6.45. The molecule has 5 heteroatoms. The molecular weight excluding hydrogens is 268 g/mol. The molecule has 0 aromatic heterocycles. The van der Waals surface area contributed by atoms with Crippen LogP contribution >= 0.6 is 0 Å². The maximum Gasteiger partial charge on any atom is 0.123 e. The molecule has 2 rings (SSSR count). The van der Waals surface area contributed by atoms with Crippen LogP contribution < -0.4 is 10.1 Å². The quantitative estimate of drug-likeness (QED) is 0.786. The smallest absolute Gasteiger partial charge is 0.123 e. The number of nitrogens with zero attached hydrogens (tertiary/aromatic N) is 1. The molecule has 0 saturated carbocycles. The highest BCUT2D eigenvalue weighted by atomic mass is 16.5. The van der Waals surface area contributed by atoms with Crippen molar-refractivity contribution in [2.45, 2.75) is 26.1 Å². The summed E-state index contributed by atoms with van der Waals surface area (Å²) in [6.45, 7) is 7.56. The van der Waals surface area contributed by atoms with E-state index < -0.39 is 0 Å². The summed E-state index contributed by atoms with van der Waals surface area (Å²) in [7, 11) is 1.71. The Hall–Kier alpha value is -1.14. The molecule has 118 valence electrons. The number of hydrogen-bond donors (Lipinski definition) is 2. The lowest BCUT2D eigenvalue weighted by Gasteiger charge is -2.27. The first kappa shape index (κ1) is 16.2. The van der Waals surface area contributed by atoms with Crippen molar-refractivity contribution in [1.29, 1.82) is 0 Å². The second-order valence-electron chi connectivity index (χ2n) is 5.51. The van der Waals surface area contributed by atoms with Gasteiger partial charge in [0.2, 0.25) is 0 Å². The fourth-order valence-electron chi connectivity index (χ4n) is 2.49. The molecule has 1 aromatic carbocycles. The van der Waals surface area contributed by atoms with Crippen LogP contribution in [0.15, 0.2) is 18.2 Å². The van der Waals surface area contributed by atoms with Gasteiger partial charge >= 0.3 is 0 Å². The molecule has 1 heterocycles. The third-order valence-corrected chi connectivity index (χ3v) is 3.61. The zero-order valence-electron chi connectivity index (χ0n) is 13.0. The Labute approximate surface area is 126 Å². The first-order valence-electron chi connectivity index (χ1n) is 7.53. The van der Waals surface area contributed by atoms with Crippen molar-refractivity contribution < 1.29 is 14.6 Å². The lowest BCUT2D eigenvalue weighted by atomic mass is 10.1. The van der Waals surface area contributed by atoms with Gasteiger partial charge in [-0.1, -0.05) is 6.07 Å². The monoisotopic (exact) mass is 294 g/mol. The van der Waals surface area contributed by atoms with Gasteiger partial charge in [0.05, 0.1) is 26.4 Å². The SMILES string of the molecule is COc1ccc(CNC[C@@H](C)O)cc1CN1CCOCC1. The number of rotatable bonds is 7. The third kappa shape index (κ3) is 5.28. The van der Waals surface area contributed by atoms with Crippen molar-refractivity contribution in [3.8, 4) is 5.75 Å². The maximum absolute atomic E-state index is 9.28. The van der Waals surface area contributed by atoms with Gasteiger partial charge in [-0.05, 0) is 24.6 Å². The van der Waals surface area contributed by atoms with Gasteiger partial charge in [-0.15, -0.1) is 0 Å². The average Bonchev–Trinajstić information content (AvgIpc) is 2.48. The van der Waals surface area contributed by atoms with Crippen LogP contribution in [0, 0.1) is 0 Å². The van der Waals surface area contributed by atoms with Gasteiger partial charge in [-0.3, -0.25) is 4.90 Å². The summed E-state index contributed by atoms with van der Waals surface area (Å²) in [5.74, 6) is 0.931. The minimum atomic E-state index is -0.323. The van der Waals surface area contributed by atoms with E-state index in [4.69, 9.17) is 9.47 Å². The first-order chi connectivity index (χ1) is 10.2. The van der Waals surface area contributed by atoms with Crippen molar-refractivity contribution in [3.05, 3.63) is 29.3 Å². The Morgan fingerprint density at radius 1 is 1.38 bits per heavy atom. The van der Waals surface area contributed by atoms with Gasteiger partial charge < -0.3 is 19.9 Å². The highest BCUT2D eigenvalue weighted by Gasteiger charge is 2.13. The zero-order chi connectivity index (χ0) is 15.1. The number of aliphatic hydroxyl groups excluding tert-OH is 1. The summed E-state index contributed by atoms with van der Waals surface area (Å²) >= 11 is 0. The van der Waals surface area contributed by atoms with E-state index in [0.29, 0.717) is 6.54 Å². The van der Waals surface area contributed by atoms with Crippen LogP contribution in [-0.4, -0.2) is 56.1 Å². The lowest BCUT2D eigenvalue weighted by Crippen LogP contribution is -2.35. The standard InChI is InChI=1S/C16H26N2O3/c1-13(19)10-17-11-14-3-4-16(20-2)15(9-14)12-18-5-7-21-8-6-18/h3-4,9,13,17,19H,5-8,10-12H2,1-2H3/t13-/m1/s1. The second kappa shape index (κ2) is 8.34. The molecule has 0 bridgehead atoms. The number of morpholine rings is 1. The summed E-state index contributed by atoms with van der Waals surface area (Å²) in [4.78, 5) is 2.38. The molecule has 0 spiro atoms. The predicted molar refractivity (Wildman–Crippen MR) is 82.5 cm³/mol. The topological polar surface area (TPSA) is 54.0 Å². The molecule has 21 heavy (non-hydrogen) atoms. The van der Waals surface area contributed by atoms with Gasteiger partial charge in [-0.2, -0.15) is 0 Å². The Balaban J connectivity index is 1.99. The summed E-state index contributed by atoms with van der Waals surface area (Å²) in [5.41, 5.74) is 2.41. The van der Waals surface area contributed by atoms with E-state index in [1.54, 1.807) is 14.0 Å². The number of aliphatic hydroxyl groups is 1. The number of methoxy groups -OCH3 is 1. The molecule has 1 saturated heterocycles. The maximum atomic E-state index is 9.28. The van der Waals surface area contributed by atoms with Crippen LogP contribution in [0.4, 0.5) is 0 Å². The molecule has 0 unspecified atom stereocenters. The molecule has 0 radical (unpaired) electrons. The van der Waals surface area contributed by atoms with Crippen LogP contribution in [0.3, 0.4) is 0 Å². The molecule has 5 nitrogen and oxygen atoms in total. The van der Waals surface area contributed by atoms with Crippen molar-refractivity contribution in [2.75, 3.05) is 40.0 Å². The van der Waals surface area contributed by atoms with Crippen LogP contribution in [0.2, 0.25) is 0 Å². The second-order valence-corrected chi connectivity index (χ2v) is 5.51. The fourth-order valence-corrected chi connectivity index (χ4v) is 2.49. The first-order valence-corrected chi connectivity index (χ1v) is 7.53. The molecule has 0 amide bonds. The van der Waals surface area contributed by atoms with Gasteiger partial charge in [0.1, 0.15) is 5.75 Å². The summed E-state index contributed by atoms with van der Waals surface area (Å²) < 4.78 is 10.9. The molecule has 1 atom stereocenters. The van der Waals surface area contributed by atoms with E-state index in [-0.39, 0.29) is 6.10 Å². The van der Waals surface area contributed by atoms with Crippen LogP contribution in [0.1, 0.15) is 18.1 Å². The fraction of sp³-hybridized carbons (Fsp3) is 0.625. The minimum absolute atomic E-state index is 0.323. The van der Waals surface area contributed by atoms with E-state index in [9.17, 15) is 5.11 Å². The highest BCUT2D eigenvalue weighted by molar-refractivity contribution is 5.37. The van der Waals surface area contributed by atoms with Crippen LogP contribution in [0.5, 0.6) is 5.75 Å². The van der Waals surface area contributed by atoms with Gasteiger partial charge in [0.25, 0.3) is 0 Å². The molecule has 1 aliphatic rings. The van der Waals surface area contributed by atoms with Crippen molar-refractivity contribution in [2.24, 2.45) is 0 Å². The summed E-state index contributed by atoms with van der Waals surface area (Å²) in [6, 6.07) is 6.27. The van der Waals surface area contributed by atoms with Crippen LogP contribution in [0.25, 0.3) is 0 Å². The Morgan fingerprint density at radius 3 is 2.81 bits per heavy atom. The van der Waals surface area contributed by atoms with Crippen molar-refractivity contribution >= 4 is 0 Å². The van der Waals surface area contributed by atoms with Gasteiger partial charge in [0.15, 0.2) is 0 Å². The van der Waals surface area contributed by atoms with Gasteiger partial charge in [-0.25, -0.2) is 0 Å². The molecular formula is C16H26N2O3. The summed E-state index contributed by atoms with van der Waals surface area (Å²) in [6.07, 6.45) is -0.323. The largest absolute Gasteiger partial charge is 0.496 e. The molecule has 1 aromatic rings. The molecule has 2 N–H and O–H groups in total. The number of ether oxygens (including phenoxy) is 2. The zero-order valence-corrected chi connectivity index (χ0v) is 13.0. The van der Waals surface area contributed by atoms with E-state index >= 15 is 0 Å². The van der Waals surface area contributed by atoms with Crippen molar-refractivity contribution in [1.82, 2.24) is 10.2 Å². The molecule has 1 aliphatic heterocycles. The number of benzene rings is 1. The lowest BCUT2D eigenvalue weighted by molar-refractivity contribution is 0.0339. The molecule has 1 fully saturated rings.